The van der Waals surface area contributed by atoms with E-state index in [0.29, 0.717) is 0 Å². The number of nitrogens with zero attached hydrogens (tertiary/aromatic N) is 3. The molecular weight excluding hydrogens is 288 g/mol. The predicted molar refractivity (Wildman–Crippen MR) is 99.2 cm³/mol. The molecule has 1 saturated heterocycles. The monoisotopic (exact) mass is 326 g/mol. The average Bonchev–Trinajstić information content (AvgIpc) is 2.60. The van der Waals surface area contributed by atoms with Crippen LogP contribution in [0.3, 0.4) is 0 Å². The summed E-state index contributed by atoms with van der Waals surface area (Å²) in [5.41, 5.74) is 0. The first-order valence-corrected chi connectivity index (χ1v) is 9.43. The molecule has 0 aromatic heterocycles. The predicted octanol–water partition coefficient (Wildman–Crippen LogP) is 2.43. The van der Waals surface area contributed by atoms with Crippen LogP contribution in [0.1, 0.15) is 46.0 Å². The van der Waals surface area contributed by atoms with Crippen LogP contribution in [0.4, 0.5) is 0 Å². The molecule has 0 spiro atoms. The average molecular weight is 327 g/mol. The van der Waals surface area contributed by atoms with Crippen LogP contribution < -0.4 is 5.32 Å². The third kappa shape index (κ3) is 8.56. The highest BCUT2D eigenvalue weighted by atomic mass is 16.5. The number of ether oxygens (including phenoxy) is 1. The summed E-state index contributed by atoms with van der Waals surface area (Å²) in [7, 11) is 4.02. The molecule has 1 heterocycles. The first kappa shape index (κ1) is 20.2. The van der Waals surface area contributed by atoms with Crippen LogP contribution in [0.5, 0.6) is 0 Å². The molecule has 1 rings (SSSR count). The van der Waals surface area contributed by atoms with Gasteiger partial charge >= 0.3 is 0 Å². The minimum atomic E-state index is 0.818. The van der Waals surface area contributed by atoms with Gasteiger partial charge in [-0.3, -0.25) is 4.99 Å². The first-order chi connectivity index (χ1) is 11.2. The van der Waals surface area contributed by atoms with Crippen molar-refractivity contribution in [3.63, 3.8) is 0 Å². The highest BCUT2D eigenvalue weighted by Gasteiger charge is 2.15. The second-order valence-corrected chi connectivity index (χ2v) is 6.47. The van der Waals surface area contributed by atoms with Gasteiger partial charge in [0.2, 0.25) is 0 Å². The van der Waals surface area contributed by atoms with Crippen LogP contribution in [0, 0.1) is 5.92 Å². The lowest BCUT2D eigenvalue weighted by Gasteiger charge is -2.27. The van der Waals surface area contributed by atoms with E-state index in [1.165, 1.54) is 38.6 Å². The van der Waals surface area contributed by atoms with E-state index in [1.54, 1.807) is 0 Å². The minimum absolute atomic E-state index is 0.818. The zero-order chi connectivity index (χ0) is 16.9. The van der Waals surface area contributed by atoms with Crippen molar-refractivity contribution < 1.29 is 4.74 Å². The molecule has 1 fully saturated rings. The van der Waals surface area contributed by atoms with Gasteiger partial charge in [-0.1, -0.05) is 13.8 Å². The van der Waals surface area contributed by atoms with E-state index in [-0.39, 0.29) is 0 Å². The van der Waals surface area contributed by atoms with Crippen LogP contribution in [0.15, 0.2) is 4.99 Å². The van der Waals surface area contributed by atoms with Crippen LogP contribution in [0.25, 0.3) is 0 Å². The number of guanidine groups is 1. The molecule has 0 bridgehead atoms. The van der Waals surface area contributed by atoms with Gasteiger partial charge in [-0.15, -0.1) is 0 Å². The molecule has 0 aromatic carbocycles. The molecule has 136 valence electrons. The highest BCUT2D eigenvalue weighted by molar-refractivity contribution is 5.79. The Morgan fingerprint density at radius 1 is 1.13 bits per heavy atom. The molecule has 5 heteroatoms. The van der Waals surface area contributed by atoms with E-state index in [1.807, 2.05) is 7.05 Å². The van der Waals surface area contributed by atoms with Crippen molar-refractivity contribution in [2.45, 2.75) is 46.0 Å². The molecule has 0 atom stereocenters. The number of nitrogens with one attached hydrogen (secondary N) is 1. The Kier molecular flexibility index (Phi) is 11.1. The van der Waals surface area contributed by atoms with E-state index >= 15 is 0 Å². The van der Waals surface area contributed by atoms with Crippen LogP contribution in [-0.2, 0) is 4.74 Å². The summed E-state index contributed by atoms with van der Waals surface area (Å²) in [6.07, 6.45) is 6.11. The Morgan fingerprint density at radius 3 is 2.43 bits per heavy atom. The van der Waals surface area contributed by atoms with Gasteiger partial charge in [-0.2, -0.15) is 0 Å². The van der Waals surface area contributed by atoms with E-state index < -0.39 is 0 Å². The number of rotatable bonds is 10. The van der Waals surface area contributed by atoms with E-state index in [0.717, 1.165) is 51.3 Å². The van der Waals surface area contributed by atoms with Crippen molar-refractivity contribution in [2.75, 3.05) is 60.0 Å². The van der Waals surface area contributed by atoms with Gasteiger partial charge in [0.1, 0.15) is 0 Å². The topological polar surface area (TPSA) is 40.1 Å². The maximum absolute atomic E-state index is 5.43. The van der Waals surface area contributed by atoms with Crippen molar-refractivity contribution in [2.24, 2.45) is 10.9 Å². The van der Waals surface area contributed by atoms with Gasteiger partial charge in [-0.05, 0) is 57.7 Å². The summed E-state index contributed by atoms with van der Waals surface area (Å²) in [5.74, 6) is 1.85. The van der Waals surface area contributed by atoms with Gasteiger partial charge < -0.3 is 19.9 Å². The Labute approximate surface area is 143 Å². The highest BCUT2D eigenvalue weighted by Crippen LogP contribution is 2.18. The second kappa shape index (κ2) is 12.6. The summed E-state index contributed by atoms with van der Waals surface area (Å²) in [6.45, 7) is 11.9. The molecule has 5 nitrogen and oxygen atoms in total. The third-order valence-corrected chi connectivity index (χ3v) is 4.87. The molecule has 1 N–H and O–H groups in total. The Morgan fingerprint density at radius 2 is 1.83 bits per heavy atom. The maximum atomic E-state index is 5.43. The number of aliphatic imine (C=N–C) groups is 1. The number of unbranched alkanes of at least 4 members (excludes halogenated alkanes) is 1. The minimum Gasteiger partial charge on any atom is -0.381 e. The van der Waals surface area contributed by atoms with E-state index in [9.17, 15) is 0 Å². The first-order valence-electron chi connectivity index (χ1n) is 9.43. The van der Waals surface area contributed by atoms with Crippen molar-refractivity contribution in [1.29, 1.82) is 0 Å². The molecule has 0 unspecified atom stereocenters. The van der Waals surface area contributed by atoms with E-state index in [2.05, 4.69) is 41.0 Å². The largest absolute Gasteiger partial charge is 0.381 e. The summed E-state index contributed by atoms with van der Waals surface area (Å²) >= 11 is 0. The Bertz CT molecular complexity index is 312. The smallest absolute Gasteiger partial charge is 0.193 e. The molecular formula is C18H38N4O. The molecule has 0 aliphatic carbocycles. The maximum Gasteiger partial charge on any atom is 0.193 e. The van der Waals surface area contributed by atoms with Crippen LogP contribution in [-0.4, -0.2) is 75.8 Å². The van der Waals surface area contributed by atoms with Crippen molar-refractivity contribution >= 4 is 5.96 Å². The molecule has 1 aliphatic heterocycles. The number of hydrogen-bond acceptors (Lipinski definition) is 3. The van der Waals surface area contributed by atoms with Gasteiger partial charge in [0.15, 0.2) is 5.96 Å². The van der Waals surface area contributed by atoms with Crippen LogP contribution >= 0.6 is 0 Å². The molecule has 0 radical (unpaired) electrons. The van der Waals surface area contributed by atoms with E-state index in [4.69, 9.17) is 4.74 Å². The van der Waals surface area contributed by atoms with Crippen LogP contribution in [0.2, 0.25) is 0 Å². The fraction of sp³-hybridized carbons (Fsp3) is 0.944. The fourth-order valence-corrected chi connectivity index (χ4v) is 3.10. The molecule has 0 aromatic rings. The quantitative estimate of drug-likeness (QED) is 0.380. The lowest BCUT2D eigenvalue weighted by Crippen LogP contribution is -2.40. The Balaban J connectivity index is 2.14. The summed E-state index contributed by atoms with van der Waals surface area (Å²) in [5, 5.41) is 3.50. The summed E-state index contributed by atoms with van der Waals surface area (Å²) in [6, 6.07) is 0. The zero-order valence-electron chi connectivity index (χ0n) is 15.8. The SMILES string of the molecule is CCN(CC)CCCCNC(=NC)N(C)CCC1CCOCC1. The second-order valence-electron chi connectivity index (χ2n) is 6.47. The van der Waals surface area contributed by atoms with Crippen molar-refractivity contribution in [3.05, 3.63) is 0 Å². The summed E-state index contributed by atoms with van der Waals surface area (Å²) in [4.78, 5) is 9.16. The summed E-state index contributed by atoms with van der Waals surface area (Å²) < 4.78 is 5.43. The molecule has 23 heavy (non-hydrogen) atoms. The Hall–Kier alpha value is -0.810. The number of hydrogen-bond donors (Lipinski definition) is 1. The van der Waals surface area contributed by atoms with Gasteiger partial charge in [0, 0.05) is 40.4 Å². The zero-order valence-corrected chi connectivity index (χ0v) is 15.8. The molecule has 0 saturated carbocycles. The lowest BCUT2D eigenvalue weighted by atomic mass is 9.96. The normalized spacial score (nSPS) is 16.8. The lowest BCUT2D eigenvalue weighted by molar-refractivity contribution is 0.0625. The fourth-order valence-electron chi connectivity index (χ4n) is 3.10. The molecule has 1 aliphatic rings. The van der Waals surface area contributed by atoms with Gasteiger partial charge in [-0.25, -0.2) is 0 Å². The van der Waals surface area contributed by atoms with Gasteiger partial charge in [0.25, 0.3) is 0 Å². The standard InChI is InChI=1S/C18H38N4O/c1-5-22(6-2)13-8-7-12-20-18(19-3)21(4)14-9-17-10-15-23-16-11-17/h17H,5-16H2,1-4H3,(H,19,20). The molecule has 0 amide bonds. The van der Waals surface area contributed by atoms with Crippen molar-refractivity contribution in [1.82, 2.24) is 15.1 Å². The third-order valence-electron chi connectivity index (χ3n) is 4.87. The van der Waals surface area contributed by atoms with Crippen molar-refractivity contribution in [3.8, 4) is 0 Å². The van der Waals surface area contributed by atoms with Gasteiger partial charge in [0.05, 0.1) is 0 Å².